The van der Waals surface area contributed by atoms with Gasteiger partial charge in [-0.2, -0.15) is 0 Å². The minimum atomic E-state index is -0.237. The summed E-state index contributed by atoms with van der Waals surface area (Å²) in [5, 5.41) is 3.65. The van der Waals surface area contributed by atoms with Crippen molar-refractivity contribution in [3.05, 3.63) is 82.5 Å². The highest BCUT2D eigenvalue weighted by Crippen LogP contribution is 2.40. The van der Waals surface area contributed by atoms with E-state index < -0.39 is 0 Å². The molecule has 1 saturated heterocycles. The van der Waals surface area contributed by atoms with E-state index in [9.17, 15) is 4.79 Å². The predicted molar refractivity (Wildman–Crippen MR) is 147 cm³/mol. The molecule has 1 N–H and O–H groups in total. The first kappa shape index (κ1) is 23.9. The van der Waals surface area contributed by atoms with Gasteiger partial charge in [-0.15, -0.1) is 0 Å². The number of para-hydroxylation sites is 3. The number of hydrazine groups is 1. The van der Waals surface area contributed by atoms with Crippen LogP contribution < -0.4 is 20.1 Å². The molecule has 0 aliphatic carbocycles. The minimum absolute atomic E-state index is 0.237. The molecule has 0 spiro atoms. The smallest absolute Gasteiger partial charge is 0.273 e. The summed E-state index contributed by atoms with van der Waals surface area (Å²) in [7, 11) is 0. The zero-order valence-corrected chi connectivity index (χ0v) is 21.4. The van der Waals surface area contributed by atoms with Gasteiger partial charge in [0.2, 0.25) is 0 Å². The standard InChI is InChI=1S/C28H24Cl2N4O3/c29-22-8-4-5-18(25(22)30)19-6-3-7-20-26(19)31-17-21(27(20)33-11-14-36-15-12-33)28(35)32-34-13-16-37-24-10-2-1-9-23(24)34/h1-10,17H,11-16H2,(H,32,35). The van der Waals surface area contributed by atoms with Crippen molar-refractivity contribution in [3.8, 4) is 16.9 Å². The molecule has 2 aliphatic heterocycles. The van der Waals surface area contributed by atoms with Crippen molar-refractivity contribution < 1.29 is 14.3 Å². The van der Waals surface area contributed by atoms with Gasteiger partial charge in [-0.05, 0) is 18.2 Å². The van der Waals surface area contributed by atoms with Crippen molar-refractivity contribution in [1.82, 2.24) is 10.4 Å². The lowest BCUT2D eigenvalue weighted by Crippen LogP contribution is -2.47. The maximum Gasteiger partial charge on any atom is 0.273 e. The molecule has 0 bridgehead atoms. The monoisotopic (exact) mass is 534 g/mol. The number of nitrogens with zero attached hydrogens (tertiary/aromatic N) is 3. The third-order valence-electron chi connectivity index (χ3n) is 6.65. The number of fused-ring (bicyclic) bond motifs is 2. The van der Waals surface area contributed by atoms with Gasteiger partial charge in [-0.3, -0.25) is 20.2 Å². The Morgan fingerprint density at radius 3 is 2.54 bits per heavy atom. The summed E-state index contributed by atoms with van der Waals surface area (Å²) in [5.74, 6) is 0.501. The summed E-state index contributed by atoms with van der Waals surface area (Å²) in [5.41, 5.74) is 7.62. The second-order valence-corrected chi connectivity index (χ2v) is 9.62. The largest absolute Gasteiger partial charge is 0.489 e. The van der Waals surface area contributed by atoms with Crippen molar-refractivity contribution in [2.75, 3.05) is 49.4 Å². The van der Waals surface area contributed by atoms with E-state index in [0.717, 1.165) is 39.2 Å². The number of benzene rings is 3. The fourth-order valence-electron chi connectivity index (χ4n) is 4.90. The van der Waals surface area contributed by atoms with Crippen LogP contribution in [0.1, 0.15) is 10.4 Å². The summed E-state index contributed by atoms with van der Waals surface area (Å²) in [6.45, 7) is 3.52. The molecular formula is C28H24Cl2N4O3. The Bertz CT molecular complexity index is 1490. The molecule has 1 aromatic heterocycles. The summed E-state index contributed by atoms with van der Waals surface area (Å²) in [6, 6.07) is 19.1. The van der Waals surface area contributed by atoms with Gasteiger partial charge in [0, 0.05) is 35.8 Å². The summed E-state index contributed by atoms with van der Waals surface area (Å²) in [4.78, 5) is 20.7. The second-order valence-electron chi connectivity index (χ2n) is 8.83. The fourth-order valence-corrected chi connectivity index (χ4v) is 5.30. The first-order valence-corrected chi connectivity index (χ1v) is 12.9. The van der Waals surface area contributed by atoms with E-state index in [0.29, 0.717) is 55.1 Å². The van der Waals surface area contributed by atoms with E-state index >= 15 is 0 Å². The topological polar surface area (TPSA) is 66.9 Å². The Balaban J connectivity index is 1.46. The van der Waals surface area contributed by atoms with Crippen LogP contribution in [-0.4, -0.2) is 50.3 Å². The molecule has 9 heteroatoms. The van der Waals surface area contributed by atoms with Gasteiger partial charge >= 0.3 is 0 Å². The Morgan fingerprint density at radius 2 is 1.68 bits per heavy atom. The highest BCUT2D eigenvalue weighted by molar-refractivity contribution is 6.44. The fraction of sp³-hybridized carbons (Fsp3) is 0.214. The SMILES string of the molecule is O=C(NN1CCOc2ccccc21)c1cnc2c(-c3cccc(Cl)c3Cl)cccc2c1N1CCOCC1. The number of nitrogens with one attached hydrogen (secondary N) is 1. The van der Waals surface area contributed by atoms with Gasteiger partial charge < -0.3 is 14.4 Å². The number of hydrogen-bond acceptors (Lipinski definition) is 6. The molecule has 7 nitrogen and oxygen atoms in total. The molecule has 0 saturated carbocycles. The maximum absolute atomic E-state index is 13.8. The average molecular weight is 535 g/mol. The molecule has 2 aliphatic rings. The molecule has 1 fully saturated rings. The number of aromatic nitrogens is 1. The van der Waals surface area contributed by atoms with Crippen molar-refractivity contribution >= 4 is 51.4 Å². The van der Waals surface area contributed by atoms with Crippen molar-refractivity contribution in [2.45, 2.75) is 0 Å². The zero-order valence-electron chi connectivity index (χ0n) is 19.9. The molecular weight excluding hydrogens is 511 g/mol. The van der Waals surface area contributed by atoms with Crippen molar-refractivity contribution in [1.29, 1.82) is 0 Å². The van der Waals surface area contributed by atoms with Gasteiger partial charge in [0.15, 0.2) is 0 Å². The lowest BCUT2D eigenvalue weighted by molar-refractivity contribution is 0.0943. The Morgan fingerprint density at radius 1 is 0.892 bits per heavy atom. The van der Waals surface area contributed by atoms with E-state index in [2.05, 4.69) is 10.3 Å². The van der Waals surface area contributed by atoms with Gasteiger partial charge in [0.25, 0.3) is 5.91 Å². The van der Waals surface area contributed by atoms with E-state index in [1.165, 1.54) is 0 Å². The van der Waals surface area contributed by atoms with Crippen LogP contribution >= 0.6 is 23.2 Å². The third kappa shape index (κ3) is 4.44. The van der Waals surface area contributed by atoms with E-state index in [1.807, 2.05) is 59.6 Å². The molecule has 0 unspecified atom stereocenters. The zero-order chi connectivity index (χ0) is 25.4. The second kappa shape index (κ2) is 10.1. The molecule has 37 heavy (non-hydrogen) atoms. The van der Waals surface area contributed by atoms with Crippen LogP contribution in [0.4, 0.5) is 11.4 Å². The molecule has 6 rings (SSSR count). The molecule has 0 atom stereocenters. The summed E-state index contributed by atoms with van der Waals surface area (Å²) in [6.07, 6.45) is 1.65. The van der Waals surface area contributed by atoms with E-state index in [4.69, 9.17) is 37.7 Å². The number of carbonyl (C=O) groups excluding carboxylic acids is 1. The first-order valence-electron chi connectivity index (χ1n) is 12.1. The Hall–Kier alpha value is -3.52. The Labute approximate surface area is 224 Å². The number of amides is 1. The van der Waals surface area contributed by atoms with Crippen LogP contribution in [-0.2, 0) is 4.74 Å². The third-order valence-corrected chi connectivity index (χ3v) is 7.47. The van der Waals surface area contributed by atoms with Gasteiger partial charge in [0.1, 0.15) is 12.4 Å². The number of pyridine rings is 1. The number of hydrogen-bond donors (Lipinski definition) is 1. The lowest BCUT2D eigenvalue weighted by atomic mass is 9.99. The highest BCUT2D eigenvalue weighted by Gasteiger charge is 2.26. The van der Waals surface area contributed by atoms with Crippen LogP contribution in [0.25, 0.3) is 22.0 Å². The van der Waals surface area contributed by atoms with Gasteiger partial charge in [-0.1, -0.05) is 65.7 Å². The number of carbonyl (C=O) groups is 1. The highest BCUT2D eigenvalue weighted by atomic mass is 35.5. The lowest BCUT2D eigenvalue weighted by Gasteiger charge is -2.33. The molecule has 0 radical (unpaired) electrons. The van der Waals surface area contributed by atoms with Crippen LogP contribution in [0.2, 0.25) is 10.0 Å². The van der Waals surface area contributed by atoms with Gasteiger partial charge in [-0.25, -0.2) is 0 Å². The maximum atomic E-state index is 13.8. The van der Waals surface area contributed by atoms with Crippen LogP contribution in [0.15, 0.2) is 66.9 Å². The molecule has 3 aromatic carbocycles. The van der Waals surface area contributed by atoms with Crippen molar-refractivity contribution in [3.63, 3.8) is 0 Å². The molecule has 188 valence electrons. The molecule has 3 heterocycles. The van der Waals surface area contributed by atoms with E-state index in [1.54, 1.807) is 12.3 Å². The van der Waals surface area contributed by atoms with Crippen molar-refractivity contribution in [2.24, 2.45) is 0 Å². The average Bonchev–Trinajstić information content (AvgIpc) is 2.94. The number of anilines is 2. The normalized spacial score (nSPS) is 15.3. The van der Waals surface area contributed by atoms with Crippen LogP contribution in [0, 0.1) is 0 Å². The number of halogens is 2. The quantitative estimate of drug-likeness (QED) is 0.368. The van der Waals surface area contributed by atoms with Gasteiger partial charge in [0.05, 0.1) is 52.3 Å². The summed E-state index contributed by atoms with van der Waals surface area (Å²) < 4.78 is 11.3. The number of morpholine rings is 1. The number of ether oxygens (including phenoxy) is 2. The predicted octanol–water partition coefficient (Wildman–Crippen LogP) is 5.59. The molecule has 4 aromatic rings. The summed E-state index contributed by atoms with van der Waals surface area (Å²) >= 11 is 12.9. The van der Waals surface area contributed by atoms with E-state index in [-0.39, 0.29) is 5.91 Å². The molecule has 1 amide bonds. The number of rotatable bonds is 4. The Kier molecular flexibility index (Phi) is 6.50. The van der Waals surface area contributed by atoms with Crippen LogP contribution in [0.3, 0.4) is 0 Å². The first-order chi connectivity index (χ1) is 18.1. The minimum Gasteiger partial charge on any atom is -0.489 e. The van der Waals surface area contributed by atoms with Crippen LogP contribution in [0.5, 0.6) is 5.75 Å².